The molecule has 3 N–H and O–H groups in total. The fourth-order valence-corrected chi connectivity index (χ4v) is 3.21. The molecular weight excluding hydrogens is 413 g/mol. The van der Waals surface area contributed by atoms with Crippen molar-refractivity contribution in [3.8, 4) is 16.9 Å². The number of piperidine rings is 1. The van der Waals surface area contributed by atoms with Crippen LogP contribution in [0.2, 0.25) is 0 Å². The summed E-state index contributed by atoms with van der Waals surface area (Å²) >= 11 is 0. The van der Waals surface area contributed by atoms with Gasteiger partial charge in [0.25, 0.3) is 0 Å². The number of rotatable bonds is 5. The normalized spacial score (nSPS) is 17.5. The van der Waals surface area contributed by atoms with Gasteiger partial charge in [-0.2, -0.15) is 13.2 Å². The second kappa shape index (κ2) is 11.1. The van der Waals surface area contributed by atoms with Crippen molar-refractivity contribution in [3.63, 3.8) is 0 Å². The van der Waals surface area contributed by atoms with E-state index < -0.39 is 18.2 Å². The fourth-order valence-electron chi connectivity index (χ4n) is 3.21. The van der Waals surface area contributed by atoms with Crippen molar-refractivity contribution in [1.29, 1.82) is 0 Å². The van der Waals surface area contributed by atoms with Crippen LogP contribution in [0.1, 0.15) is 38.4 Å². The Hall–Kier alpha value is -2.65. The Morgan fingerprint density at radius 2 is 1.84 bits per heavy atom. The highest BCUT2D eigenvalue weighted by molar-refractivity contribution is 5.73. The number of aromatic nitrogens is 1. The Bertz CT molecular complexity index is 835. The van der Waals surface area contributed by atoms with Gasteiger partial charge in [0.15, 0.2) is 0 Å². The molecule has 1 aliphatic rings. The molecule has 6 nitrogen and oxygen atoms in total. The molecule has 0 spiro atoms. The number of alkyl halides is 3. The predicted octanol–water partition coefficient (Wildman–Crippen LogP) is 4.20. The van der Waals surface area contributed by atoms with Gasteiger partial charge in [-0.1, -0.05) is 24.3 Å². The van der Waals surface area contributed by atoms with E-state index in [2.05, 4.69) is 10.3 Å². The largest absolute Gasteiger partial charge is 0.490 e. The maximum absolute atomic E-state index is 10.6. The van der Waals surface area contributed by atoms with E-state index in [1.807, 2.05) is 50.4 Å². The number of carbonyl (C=O) groups is 1. The Morgan fingerprint density at radius 3 is 2.35 bits per heavy atom. The van der Waals surface area contributed by atoms with Gasteiger partial charge in [0.1, 0.15) is 5.75 Å². The first-order valence-electron chi connectivity index (χ1n) is 9.99. The van der Waals surface area contributed by atoms with Crippen molar-refractivity contribution >= 4 is 5.97 Å². The number of ether oxygens (including phenoxy) is 1. The van der Waals surface area contributed by atoms with Crippen molar-refractivity contribution < 1.29 is 32.9 Å². The third-order valence-electron chi connectivity index (χ3n) is 4.69. The van der Waals surface area contributed by atoms with Crippen molar-refractivity contribution in [3.05, 3.63) is 48.3 Å². The summed E-state index contributed by atoms with van der Waals surface area (Å²) in [5.41, 5.74) is 3.08. The number of nitrogens with one attached hydrogen (secondary N) is 1. The molecule has 0 saturated carbocycles. The molecule has 0 amide bonds. The first-order valence-corrected chi connectivity index (χ1v) is 9.99. The Morgan fingerprint density at radius 1 is 1.19 bits per heavy atom. The van der Waals surface area contributed by atoms with Crippen LogP contribution in [0, 0.1) is 5.92 Å². The van der Waals surface area contributed by atoms with Gasteiger partial charge in [0, 0.05) is 24.2 Å². The molecule has 3 rings (SSSR count). The summed E-state index contributed by atoms with van der Waals surface area (Å²) < 4.78 is 37.4. The summed E-state index contributed by atoms with van der Waals surface area (Å²) in [4.78, 5) is 13.2. The molecule has 2 heterocycles. The molecule has 2 aromatic rings. The monoisotopic (exact) mass is 440 g/mol. The molecule has 0 radical (unpaired) electrons. The number of aliphatic carboxylic acids is 1. The minimum atomic E-state index is -5.08. The number of aliphatic hydroxyl groups excluding tert-OH is 1. The minimum absolute atomic E-state index is 0.128. The number of nitrogens with zero attached hydrogens (tertiary/aromatic N) is 1. The molecule has 170 valence electrons. The van der Waals surface area contributed by atoms with Gasteiger partial charge in [-0.05, 0) is 50.4 Å². The summed E-state index contributed by atoms with van der Waals surface area (Å²) in [5, 5.41) is 21.1. The SMILES string of the molecule is CC(C)Oc1cncc(-c2ccc(C(O)C3CCCNC3)cc2)c1.O=C(O)C(F)(F)F. The Kier molecular flexibility index (Phi) is 8.82. The van der Waals surface area contributed by atoms with E-state index in [9.17, 15) is 18.3 Å². The number of aliphatic hydroxyl groups is 1. The van der Waals surface area contributed by atoms with Crippen molar-refractivity contribution in [2.75, 3.05) is 13.1 Å². The van der Waals surface area contributed by atoms with Crippen LogP contribution < -0.4 is 10.1 Å². The van der Waals surface area contributed by atoms with Gasteiger partial charge in [-0.15, -0.1) is 0 Å². The van der Waals surface area contributed by atoms with Crippen molar-refractivity contribution in [2.45, 2.75) is 45.1 Å². The Labute approximate surface area is 179 Å². The van der Waals surface area contributed by atoms with E-state index in [0.717, 1.165) is 48.4 Å². The zero-order valence-corrected chi connectivity index (χ0v) is 17.4. The minimum Gasteiger partial charge on any atom is -0.489 e. The van der Waals surface area contributed by atoms with Gasteiger partial charge >= 0.3 is 12.1 Å². The molecule has 2 atom stereocenters. The molecule has 1 aromatic carbocycles. The topological polar surface area (TPSA) is 91.7 Å². The highest BCUT2D eigenvalue weighted by atomic mass is 19.4. The smallest absolute Gasteiger partial charge is 0.489 e. The average molecular weight is 440 g/mol. The average Bonchev–Trinajstić information content (AvgIpc) is 2.73. The summed E-state index contributed by atoms with van der Waals surface area (Å²) in [6.07, 6.45) is 0.425. The zero-order valence-electron chi connectivity index (χ0n) is 17.4. The van der Waals surface area contributed by atoms with Gasteiger partial charge in [0.05, 0.1) is 18.4 Å². The van der Waals surface area contributed by atoms with Crippen LogP contribution in [0.5, 0.6) is 5.75 Å². The van der Waals surface area contributed by atoms with E-state index in [-0.39, 0.29) is 6.10 Å². The number of carboxylic acids is 1. The summed E-state index contributed by atoms with van der Waals surface area (Å²) in [6, 6.07) is 10.1. The lowest BCUT2D eigenvalue weighted by Gasteiger charge is -2.27. The van der Waals surface area contributed by atoms with E-state index in [4.69, 9.17) is 14.6 Å². The van der Waals surface area contributed by atoms with E-state index >= 15 is 0 Å². The van der Waals surface area contributed by atoms with Crippen LogP contribution in [0.25, 0.3) is 11.1 Å². The summed E-state index contributed by atoms with van der Waals surface area (Å²) in [7, 11) is 0. The highest BCUT2D eigenvalue weighted by Gasteiger charge is 2.38. The molecular formula is C22H27F3N2O4. The third kappa shape index (κ3) is 7.84. The fraction of sp³-hybridized carbons (Fsp3) is 0.455. The molecule has 0 aliphatic carbocycles. The third-order valence-corrected chi connectivity index (χ3v) is 4.69. The van der Waals surface area contributed by atoms with Crippen LogP contribution >= 0.6 is 0 Å². The van der Waals surface area contributed by atoms with Crippen LogP contribution in [0.3, 0.4) is 0 Å². The molecule has 2 unspecified atom stereocenters. The lowest BCUT2D eigenvalue weighted by atomic mass is 9.89. The lowest BCUT2D eigenvalue weighted by Crippen LogP contribution is -2.33. The van der Waals surface area contributed by atoms with Gasteiger partial charge in [-0.25, -0.2) is 4.79 Å². The van der Waals surface area contributed by atoms with Crippen LogP contribution in [0.4, 0.5) is 13.2 Å². The first-order chi connectivity index (χ1) is 14.6. The van der Waals surface area contributed by atoms with Crippen molar-refractivity contribution in [1.82, 2.24) is 10.3 Å². The van der Waals surface area contributed by atoms with E-state index in [1.54, 1.807) is 6.20 Å². The summed E-state index contributed by atoms with van der Waals surface area (Å²) in [6.45, 7) is 5.96. The van der Waals surface area contributed by atoms with Crippen molar-refractivity contribution in [2.24, 2.45) is 5.92 Å². The molecule has 1 aliphatic heterocycles. The standard InChI is InChI=1S/C20H26N2O2.C2HF3O2/c1-14(2)24-19-10-18(12-22-13-19)15-5-7-16(8-6-15)20(23)17-4-3-9-21-11-17;3-2(4,5)1(6)7/h5-8,10,12-14,17,20-21,23H,3-4,9,11H2,1-2H3;(H,6,7). The predicted molar refractivity (Wildman–Crippen MR) is 110 cm³/mol. The molecule has 9 heteroatoms. The van der Waals surface area contributed by atoms with E-state index in [0.29, 0.717) is 5.92 Å². The lowest BCUT2D eigenvalue weighted by molar-refractivity contribution is -0.192. The van der Waals surface area contributed by atoms with Crippen LogP contribution in [-0.4, -0.2) is 46.5 Å². The quantitative estimate of drug-likeness (QED) is 0.646. The Balaban J connectivity index is 0.000000423. The molecule has 1 aromatic heterocycles. The molecule has 1 fully saturated rings. The van der Waals surface area contributed by atoms with Gasteiger partial charge in [-0.3, -0.25) is 4.98 Å². The molecule has 31 heavy (non-hydrogen) atoms. The second-order valence-electron chi connectivity index (χ2n) is 7.55. The van der Waals surface area contributed by atoms with Gasteiger partial charge in [0.2, 0.25) is 0 Å². The summed E-state index contributed by atoms with van der Waals surface area (Å²) in [5.74, 6) is -1.68. The van der Waals surface area contributed by atoms with Gasteiger partial charge < -0.3 is 20.3 Å². The number of hydrogen-bond donors (Lipinski definition) is 3. The van der Waals surface area contributed by atoms with Crippen LogP contribution in [-0.2, 0) is 4.79 Å². The number of hydrogen-bond acceptors (Lipinski definition) is 5. The maximum Gasteiger partial charge on any atom is 0.490 e. The number of pyridine rings is 1. The zero-order chi connectivity index (χ0) is 23.0. The number of benzene rings is 1. The van der Waals surface area contributed by atoms with Crippen LogP contribution in [0.15, 0.2) is 42.7 Å². The van der Waals surface area contributed by atoms with E-state index in [1.165, 1.54) is 0 Å². The first kappa shape index (κ1) is 24.6. The number of halogens is 3. The number of carboxylic acid groups (broad SMARTS) is 1. The maximum atomic E-state index is 10.6. The molecule has 1 saturated heterocycles. The highest BCUT2D eigenvalue weighted by Crippen LogP contribution is 2.29. The second-order valence-corrected chi connectivity index (χ2v) is 7.55. The molecule has 0 bridgehead atoms.